The van der Waals surface area contributed by atoms with Crippen molar-refractivity contribution in [3.8, 4) is 0 Å². The first kappa shape index (κ1) is 20.1. The zero-order valence-corrected chi connectivity index (χ0v) is 17.4. The Kier molecular flexibility index (Phi) is 5.01. The van der Waals surface area contributed by atoms with Crippen LogP contribution in [0.2, 0.25) is 0 Å². The number of nitrogens with zero attached hydrogens (tertiary/aromatic N) is 3. The Hall–Kier alpha value is -2.80. The molecule has 162 valence electrons. The molecule has 0 bridgehead atoms. The fraction of sp³-hybridized carbons (Fsp3) is 0.458. The summed E-state index contributed by atoms with van der Waals surface area (Å²) >= 11 is 0. The smallest absolute Gasteiger partial charge is 0.269 e. The number of piperidine rings is 1. The molecule has 7 heteroatoms. The quantitative estimate of drug-likeness (QED) is 0.540. The fourth-order valence-corrected chi connectivity index (χ4v) is 5.26. The topological polar surface area (TPSA) is 66.7 Å². The molecule has 0 atom stereocenters. The number of carbonyl (C=O) groups is 1. The summed E-state index contributed by atoms with van der Waals surface area (Å²) in [5, 5.41) is 10.9. The number of nitro groups is 1. The predicted molar refractivity (Wildman–Crippen MR) is 115 cm³/mol. The largest absolute Gasteiger partial charge is 0.311 e. The molecule has 1 saturated heterocycles. The molecule has 0 N–H and O–H groups in total. The Bertz CT molecular complexity index is 1010. The van der Waals surface area contributed by atoms with Crippen LogP contribution in [0.15, 0.2) is 42.5 Å². The zero-order chi connectivity index (χ0) is 21.6. The summed E-state index contributed by atoms with van der Waals surface area (Å²) in [7, 11) is 0. The number of carbonyl (C=O) groups excluding carboxylic acids is 1. The van der Waals surface area contributed by atoms with Gasteiger partial charge in [0, 0.05) is 42.2 Å². The van der Waals surface area contributed by atoms with Crippen LogP contribution in [0.25, 0.3) is 0 Å². The van der Waals surface area contributed by atoms with E-state index in [0.29, 0.717) is 6.54 Å². The Balaban J connectivity index is 1.31. The molecule has 2 heterocycles. The number of hydrogen-bond donors (Lipinski definition) is 0. The number of anilines is 1. The molecule has 0 radical (unpaired) electrons. The summed E-state index contributed by atoms with van der Waals surface area (Å²) in [4.78, 5) is 27.8. The molecule has 1 saturated carbocycles. The molecule has 6 nitrogen and oxygen atoms in total. The molecule has 5 rings (SSSR count). The fourth-order valence-electron chi connectivity index (χ4n) is 5.26. The molecule has 1 spiro atoms. The molecule has 2 aromatic carbocycles. The van der Waals surface area contributed by atoms with Gasteiger partial charge in [-0.3, -0.25) is 19.8 Å². The molecule has 3 aliphatic rings. The molecular weight excluding hydrogens is 397 g/mol. The van der Waals surface area contributed by atoms with Gasteiger partial charge in [0.1, 0.15) is 5.82 Å². The van der Waals surface area contributed by atoms with E-state index < -0.39 is 0 Å². The van der Waals surface area contributed by atoms with Crippen molar-refractivity contribution in [1.29, 1.82) is 0 Å². The van der Waals surface area contributed by atoms with Crippen LogP contribution in [-0.2, 0) is 16.8 Å². The number of benzene rings is 2. The van der Waals surface area contributed by atoms with Gasteiger partial charge < -0.3 is 4.90 Å². The monoisotopic (exact) mass is 423 g/mol. The lowest BCUT2D eigenvalue weighted by atomic mass is 9.74. The predicted octanol–water partition coefficient (Wildman–Crippen LogP) is 4.41. The normalized spacial score (nSPS) is 20.5. The van der Waals surface area contributed by atoms with Crippen LogP contribution < -0.4 is 4.90 Å². The summed E-state index contributed by atoms with van der Waals surface area (Å²) < 4.78 is 14.2. The van der Waals surface area contributed by atoms with Gasteiger partial charge in [-0.05, 0) is 68.1 Å². The molecule has 2 aliphatic heterocycles. The number of likely N-dealkylation sites (tertiary alicyclic amines) is 1. The van der Waals surface area contributed by atoms with Gasteiger partial charge in [0.2, 0.25) is 5.91 Å². The van der Waals surface area contributed by atoms with Crippen LogP contribution in [0.1, 0.15) is 43.2 Å². The number of hydrogen-bond acceptors (Lipinski definition) is 4. The maximum absolute atomic E-state index is 14.2. The maximum Gasteiger partial charge on any atom is 0.269 e. The van der Waals surface area contributed by atoms with Crippen LogP contribution >= 0.6 is 0 Å². The summed E-state index contributed by atoms with van der Waals surface area (Å²) in [5.41, 5.74) is 2.82. The molecular formula is C24H26FN3O3. The van der Waals surface area contributed by atoms with Gasteiger partial charge in [0.25, 0.3) is 5.69 Å². The van der Waals surface area contributed by atoms with Gasteiger partial charge in [-0.1, -0.05) is 18.6 Å². The summed E-state index contributed by atoms with van der Waals surface area (Å²) in [6.07, 6.45) is 4.77. The lowest BCUT2D eigenvalue weighted by Gasteiger charge is -2.40. The summed E-state index contributed by atoms with van der Waals surface area (Å²) in [6, 6.07) is 11.6. The minimum Gasteiger partial charge on any atom is -0.311 e. The first-order valence-electron chi connectivity index (χ1n) is 11.0. The van der Waals surface area contributed by atoms with Gasteiger partial charge in [-0.25, -0.2) is 4.39 Å². The Labute approximate surface area is 180 Å². The van der Waals surface area contributed by atoms with E-state index >= 15 is 0 Å². The molecule has 1 aliphatic carbocycles. The van der Waals surface area contributed by atoms with Crippen LogP contribution in [-0.4, -0.2) is 35.4 Å². The molecule has 2 fully saturated rings. The summed E-state index contributed by atoms with van der Waals surface area (Å²) in [5.74, 6) is 0.0731. The van der Waals surface area contributed by atoms with Gasteiger partial charge >= 0.3 is 0 Å². The SMILES string of the molecule is O=C(C1CCC1)N1CC2(CCN(Cc3ccc([N+](=O)[O-])cc3)CC2)c2cc(F)ccc21. The molecule has 2 aromatic rings. The van der Waals surface area contributed by atoms with E-state index in [-0.39, 0.29) is 33.7 Å². The van der Waals surface area contributed by atoms with E-state index in [0.717, 1.165) is 68.6 Å². The average Bonchev–Trinajstić information content (AvgIpc) is 3.02. The molecule has 0 unspecified atom stereocenters. The van der Waals surface area contributed by atoms with Crippen molar-refractivity contribution in [2.75, 3.05) is 24.5 Å². The van der Waals surface area contributed by atoms with Crippen molar-refractivity contribution < 1.29 is 14.1 Å². The van der Waals surface area contributed by atoms with Crippen LogP contribution in [0, 0.1) is 21.8 Å². The standard InChI is InChI=1S/C24H26FN3O3/c25-19-6-9-22-21(14-19)24(16-27(22)23(29)18-2-1-3-18)10-12-26(13-11-24)15-17-4-7-20(8-5-17)28(30)31/h4-9,14,18H,1-3,10-13,15-16H2. The van der Waals surface area contributed by atoms with Gasteiger partial charge in [-0.2, -0.15) is 0 Å². The molecule has 31 heavy (non-hydrogen) atoms. The van der Waals surface area contributed by atoms with Crippen molar-refractivity contribution in [3.63, 3.8) is 0 Å². The number of nitro benzene ring substituents is 1. The second-order valence-corrected chi connectivity index (χ2v) is 9.19. The third-order valence-corrected chi connectivity index (χ3v) is 7.37. The first-order valence-corrected chi connectivity index (χ1v) is 11.0. The minimum atomic E-state index is -0.387. The van der Waals surface area contributed by atoms with E-state index in [9.17, 15) is 19.3 Å². The Morgan fingerprint density at radius 1 is 1.13 bits per heavy atom. The highest BCUT2D eigenvalue weighted by molar-refractivity contribution is 5.98. The number of amides is 1. The highest BCUT2D eigenvalue weighted by atomic mass is 19.1. The lowest BCUT2D eigenvalue weighted by molar-refractivity contribution is -0.384. The van der Waals surface area contributed by atoms with Gasteiger partial charge in [0.15, 0.2) is 0 Å². The second-order valence-electron chi connectivity index (χ2n) is 9.19. The maximum atomic E-state index is 14.2. The van der Waals surface area contributed by atoms with Gasteiger partial charge in [-0.15, -0.1) is 0 Å². The minimum absolute atomic E-state index is 0.0992. The van der Waals surface area contributed by atoms with Crippen molar-refractivity contribution in [2.24, 2.45) is 5.92 Å². The third kappa shape index (κ3) is 3.61. The Morgan fingerprint density at radius 3 is 2.45 bits per heavy atom. The lowest BCUT2D eigenvalue weighted by Crippen LogP contribution is -2.47. The third-order valence-electron chi connectivity index (χ3n) is 7.37. The molecule has 0 aromatic heterocycles. The summed E-state index contributed by atoms with van der Waals surface area (Å²) in [6.45, 7) is 3.07. The highest BCUT2D eigenvalue weighted by Gasteiger charge is 2.47. The van der Waals surface area contributed by atoms with E-state index in [1.54, 1.807) is 24.3 Å². The van der Waals surface area contributed by atoms with Crippen LogP contribution in [0.4, 0.5) is 15.8 Å². The van der Waals surface area contributed by atoms with Gasteiger partial charge in [0.05, 0.1) is 4.92 Å². The Morgan fingerprint density at radius 2 is 1.84 bits per heavy atom. The van der Waals surface area contributed by atoms with Crippen LogP contribution in [0.5, 0.6) is 0 Å². The number of rotatable bonds is 4. The number of fused-ring (bicyclic) bond motifs is 2. The van der Waals surface area contributed by atoms with E-state index in [1.807, 2.05) is 17.0 Å². The number of non-ortho nitro benzene ring substituents is 1. The van der Waals surface area contributed by atoms with Crippen molar-refractivity contribution >= 4 is 17.3 Å². The van der Waals surface area contributed by atoms with Crippen molar-refractivity contribution in [1.82, 2.24) is 4.90 Å². The van der Waals surface area contributed by atoms with E-state index in [1.165, 1.54) is 6.07 Å². The van der Waals surface area contributed by atoms with E-state index in [4.69, 9.17) is 0 Å². The highest BCUT2D eigenvalue weighted by Crippen LogP contribution is 2.48. The molecule has 1 amide bonds. The zero-order valence-electron chi connectivity index (χ0n) is 17.4. The van der Waals surface area contributed by atoms with Crippen molar-refractivity contribution in [2.45, 2.75) is 44.1 Å². The van der Waals surface area contributed by atoms with Crippen LogP contribution in [0.3, 0.4) is 0 Å². The average molecular weight is 423 g/mol. The number of halogens is 1. The van der Waals surface area contributed by atoms with E-state index in [2.05, 4.69) is 4.90 Å². The first-order chi connectivity index (χ1) is 14.9. The second kappa shape index (κ2) is 7.71. The van der Waals surface area contributed by atoms with Crippen molar-refractivity contribution in [3.05, 3.63) is 69.5 Å².